The minimum atomic E-state index is 0.0649. The van der Waals surface area contributed by atoms with Gasteiger partial charge in [0.1, 0.15) is 0 Å². The van der Waals surface area contributed by atoms with Crippen molar-refractivity contribution < 1.29 is 14.2 Å². The van der Waals surface area contributed by atoms with Crippen LogP contribution in [0.3, 0.4) is 0 Å². The fourth-order valence-corrected chi connectivity index (χ4v) is 1.49. The fourth-order valence-electron chi connectivity index (χ4n) is 1.49. The summed E-state index contributed by atoms with van der Waals surface area (Å²) in [6.07, 6.45) is 1.16. The van der Waals surface area contributed by atoms with Crippen LogP contribution in [-0.2, 0) is 14.2 Å². The Bertz CT molecular complexity index is 141. The standard InChI is InChI=1S/C9H19NO3/c1-3-12-8-6-7(10)9(8)13-5-4-11-2/h7-9H,3-6,10H2,1-2H3. The van der Waals surface area contributed by atoms with Gasteiger partial charge in [-0.15, -0.1) is 0 Å². The van der Waals surface area contributed by atoms with Crippen molar-refractivity contribution in [2.75, 3.05) is 26.9 Å². The van der Waals surface area contributed by atoms with Crippen molar-refractivity contribution in [1.82, 2.24) is 0 Å². The Kier molecular flexibility index (Phi) is 4.66. The molecule has 0 aliphatic heterocycles. The Morgan fingerprint density at radius 2 is 2.08 bits per heavy atom. The molecule has 1 fully saturated rings. The molecule has 13 heavy (non-hydrogen) atoms. The van der Waals surface area contributed by atoms with E-state index in [9.17, 15) is 0 Å². The lowest BCUT2D eigenvalue weighted by Crippen LogP contribution is -2.58. The highest BCUT2D eigenvalue weighted by molar-refractivity contribution is 4.95. The van der Waals surface area contributed by atoms with Crippen LogP contribution < -0.4 is 5.73 Å². The molecular weight excluding hydrogens is 170 g/mol. The summed E-state index contributed by atoms with van der Waals surface area (Å²) in [7, 11) is 1.66. The summed E-state index contributed by atoms with van der Waals surface area (Å²) in [4.78, 5) is 0. The summed E-state index contributed by atoms with van der Waals surface area (Å²) >= 11 is 0. The van der Waals surface area contributed by atoms with Gasteiger partial charge < -0.3 is 19.9 Å². The van der Waals surface area contributed by atoms with E-state index in [-0.39, 0.29) is 18.2 Å². The van der Waals surface area contributed by atoms with Crippen LogP contribution in [0, 0.1) is 0 Å². The van der Waals surface area contributed by atoms with Gasteiger partial charge in [-0.2, -0.15) is 0 Å². The van der Waals surface area contributed by atoms with Crippen molar-refractivity contribution in [3.8, 4) is 0 Å². The highest BCUT2D eigenvalue weighted by atomic mass is 16.6. The van der Waals surface area contributed by atoms with E-state index in [1.807, 2.05) is 6.92 Å². The van der Waals surface area contributed by atoms with E-state index in [1.165, 1.54) is 0 Å². The quantitative estimate of drug-likeness (QED) is 0.604. The van der Waals surface area contributed by atoms with Gasteiger partial charge in [-0.3, -0.25) is 0 Å². The van der Waals surface area contributed by atoms with Crippen LogP contribution in [0.2, 0.25) is 0 Å². The number of nitrogens with two attached hydrogens (primary N) is 1. The molecule has 4 nitrogen and oxygen atoms in total. The number of hydrogen-bond donors (Lipinski definition) is 1. The van der Waals surface area contributed by atoms with E-state index < -0.39 is 0 Å². The third-order valence-corrected chi connectivity index (χ3v) is 2.27. The average molecular weight is 189 g/mol. The minimum absolute atomic E-state index is 0.0649. The van der Waals surface area contributed by atoms with Gasteiger partial charge >= 0.3 is 0 Å². The van der Waals surface area contributed by atoms with E-state index in [2.05, 4.69) is 0 Å². The SMILES string of the molecule is CCOC1CC(N)C1OCCOC. The maximum atomic E-state index is 5.78. The maximum Gasteiger partial charge on any atom is 0.0989 e. The van der Waals surface area contributed by atoms with Gasteiger partial charge in [-0.25, -0.2) is 0 Å². The molecule has 3 atom stereocenters. The van der Waals surface area contributed by atoms with Gasteiger partial charge in [0, 0.05) is 19.8 Å². The zero-order chi connectivity index (χ0) is 9.68. The van der Waals surface area contributed by atoms with Gasteiger partial charge in [0.2, 0.25) is 0 Å². The molecule has 0 saturated heterocycles. The molecule has 2 N–H and O–H groups in total. The largest absolute Gasteiger partial charge is 0.382 e. The molecule has 0 bridgehead atoms. The predicted molar refractivity (Wildman–Crippen MR) is 49.6 cm³/mol. The minimum Gasteiger partial charge on any atom is -0.382 e. The van der Waals surface area contributed by atoms with Crippen molar-refractivity contribution in [1.29, 1.82) is 0 Å². The van der Waals surface area contributed by atoms with E-state index >= 15 is 0 Å². The topological polar surface area (TPSA) is 53.7 Å². The molecular formula is C9H19NO3. The first-order valence-corrected chi connectivity index (χ1v) is 4.77. The van der Waals surface area contributed by atoms with Crippen molar-refractivity contribution in [3.63, 3.8) is 0 Å². The normalized spacial score (nSPS) is 33.0. The zero-order valence-corrected chi connectivity index (χ0v) is 8.36. The van der Waals surface area contributed by atoms with Gasteiger partial charge in [-0.05, 0) is 13.3 Å². The van der Waals surface area contributed by atoms with Crippen molar-refractivity contribution in [2.45, 2.75) is 31.6 Å². The van der Waals surface area contributed by atoms with E-state index in [4.69, 9.17) is 19.9 Å². The van der Waals surface area contributed by atoms with E-state index in [0.29, 0.717) is 13.2 Å². The van der Waals surface area contributed by atoms with Crippen molar-refractivity contribution >= 4 is 0 Å². The Hall–Kier alpha value is -0.160. The third-order valence-electron chi connectivity index (χ3n) is 2.27. The number of ether oxygens (including phenoxy) is 3. The first-order valence-electron chi connectivity index (χ1n) is 4.77. The number of hydrogen-bond acceptors (Lipinski definition) is 4. The van der Waals surface area contributed by atoms with E-state index in [0.717, 1.165) is 13.0 Å². The smallest absolute Gasteiger partial charge is 0.0989 e. The molecule has 1 aliphatic carbocycles. The van der Waals surface area contributed by atoms with Crippen LogP contribution >= 0.6 is 0 Å². The first-order chi connectivity index (χ1) is 6.29. The molecule has 0 heterocycles. The van der Waals surface area contributed by atoms with Crippen molar-refractivity contribution in [3.05, 3.63) is 0 Å². The first kappa shape index (κ1) is 10.9. The molecule has 78 valence electrons. The molecule has 1 rings (SSSR count). The van der Waals surface area contributed by atoms with Crippen LogP contribution in [0.25, 0.3) is 0 Å². The fraction of sp³-hybridized carbons (Fsp3) is 1.00. The highest BCUT2D eigenvalue weighted by Gasteiger charge is 2.40. The van der Waals surface area contributed by atoms with Gasteiger partial charge in [0.25, 0.3) is 0 Å². The summed E-state index contributed by atoms with van der Waals surface area (Å²) in [6, 6.07) is 0.133. The van der Waals surface area contributed by atoms with Crippen LogP contribution in [0.4, 0.5) is 0 Å². The van der Waals surface area contributed by atoms with Gasteiger partial charge in [0.05, 0.1) is 25.4 Å². The average Bonchev–Trinajstić information content (AvgIpc) is 2.12. The molecule has 0 spiro atoms. The number of rotatable bonds is 6. The van der Waals surface area contributed by atoms with Crippen molar-refractivity contribution in [2.24, 2.45) is 5.73 Å². The zero-order valence-electron chi connectivity index (χ0n) is 8.36. The predicted octanol–water partition coefficient (Wildman–Crippen LogP) is 0.154. The van der Waals surface area contributed by atoms with Gasteiger partial charge in [-0.1, -0.05) is 0 Å². The number of methoxy groups -OCH3 is 1. The second kappa shape index (κ2) is 5.54. The Balaban J connectivity index is 2.14. The molecule has 1 aliphatic rings. The molecule has 0 amide bonds. The monoisotopic (exact) mass is 189 g/mol. The lowest BCUT2D eigenvalue weighted by Gasteiger charge is -2.41. The summed E-state index contributed by atoms with van der Waals surface area (Å²) in [5.74, 6) is 0. The summed E-state index contributed by atoms with van der Waals surface area (Å²) < 4.78 is 15.9. The molecule has 0 aromatic carbocycles. The Morgan fingerprint density at radius 1 is 1.31 bits per heavy atom. The second-order valence-corrected chi connectivity index (χ2v) is 3.22. The highest BCUT2D eigenvalue weighted by Crippen LogP contribution is 2.25. The molecule has 0 aromatic rings. The van der Waals surface area contributed by atoms with Crippen LogP contribution in [0.1, 0.15) is 13.3 Å². The van der Waals surface area contributed by atoms with Crippen LogP contribution in [-0.4, -0.2) is 45.2 Å². The van der Waals surface area contributed by atoms with Gasteiger partial charge in [0.15, 0.2) is 0 Å². The van der Waals surface area contributed by atoms with Crippen LogP contribution in [0.5, 0.6) is 0 Å². The lowest BCUT2D eigenvalue weighted by atomic mass is 9.86. The molecule has 4 heteroatoms. The maximum absolute atomic E-state index is 5.78. The second-order valence-electron chi connectivity index (χ2n) is 3.22. The summed E-state index contributed by atoms with van der Waals surface area (Å²) in [5, 5.41) is 0. The molecule has 0 aromatic heterocycles. The summed E-state index contributed by atoms with van der Waals surface area (Å²) in [5.41, 5.74) is 5.78. The Morgan fingerprint density at radius 3 is 2.62 bits per heavy atom. The molecule has 3 unspecified atom stereocenters. The van der Waals surface area contributed by atoms with E-state index in [1.54, 1.807) is 7.11 Å². The Labute approximate surface area is 79.3 Å². The lowest BCUT2D eigenvalue weighted by molar-refractivity contribution is -0.142. The molecule has 0 radical (unpaired) electrons. The summed E-state index contributed by atoms with van der Waals surface area (Å²) in [6.45, 7) is 3.91. The third kappa shape index (κ3) is 2.91. The molecule has 1 saturated carbocycles. The van der Waals surface area contributed by atoms with Crippen LogP contribution in [0.15, 0.2) is 0 Å².